The maximum Gasteiger partial charge on any atom is 0.220 e. The fourth-order valence-electron chi connectivity index (χ4n) is 7.02. The molecule has 290 valence electrons. The number of nitrogens with one attached hydrogen (secondary N) is 2. The van der Waals surface area contributed by atoms with Gasteiger partial charge in [0.2, 0.25) is 11.8 Å². The lowest BCUT2D eigenvalue weighted by Crippen LogP contribution is -2.23. The molecule has 0 spiro atoms. The zero-order valence-corrected chi connectivity index (χ0v) is 33.6. The first-order chi connectivity index (χ1) is 24.7. The molecular weight excluding hydrogens is 613 g/mol. The van der Waals surface area contributed by atoms with Gasteiger partial charge in [-0.15, -0.1) is 0 Å². The van der Waals surface area contributed by atoms with E-state index in [9.17, 15) is 9.59 Å². The van der Waals surface area contributed by atoms with Crippen molar-refractivity contribution in [1.82, 2.24) is 10.6 Å². The van der Waals surface area contributed by atoms with Crippen molar-refractivity contribution in [2.75, 3.05) is 0 Å². The van der Waals surface area contributed by atoms with Crippen LogP contribution >= 0.6 is 0 Å². The van der Waals surface area contributed by atoms with Crippen LogP contribution in [0.4, 0.5) is 0 Å². The molecule has 0 fully saturated rings. The second-order valence-corrected chi connectivity index (χ2v) is 15.5. The van der Waals surface area contributed by atoms with Crippen molar-refractivity contribution in [3.63, 3.8) is 0 Å². The molecule has 0 aliphatic heterocycles. The Morgan fingerprint density at radius 3 is 0.760 bits per heavy atom. The summed E-state index contributed by atoms with van der Waals surface area (Å²) in [7, 11) is 0. The highest BCUT2D eigenvalue weighted by Crippen LogP contribution is 2.16. The van der Waals surface area contributed by atoms with Crippen molar-refractivity contribution in [3.8, 4) is 0 Å². The molecule has 4 heteroatoms. The largest absolute Gasteiger partial charge is 0.352 e. The molecule has 0 bridgehead atoms. The Hall–Kier alpha value is -1.84. The van der Waals surface area contributed by atoms with E-state index < -0.39 is 0 Å². The Bertz CT molecular complexity index is 796. The zero-order chi connectivity index (χ0) is 36.0. The van der Waals surface area contributed by atoms with Crippen LogP contribution in [0.1, 0.15) is 243 Å². The molecule has 0 aliphatic carbocycles. The highest BCUT2D eigenvalue weighted by Gasteiger charge is 2.04. The molecule has 2 N–H and O–H groups in total. The van der Waals surface area contributed by atoms with Crippen molar-refractivity contribution < 1.29 is 9.59 Å². The average molecular weight is 697 g/mol. The van der Waals surface area contributed by atoms with Gasteiger partial charge in [0.15, 0.2) is 0 Å². The lowest BCUT2D eigenvalue weighted by molar-refractivity contribution is -0.122. The van der Waals surface area contributed by atoms with Crippen LogP contribution in [-0.4, -0.2) is 11.8 Å². The number of carbonyl (C=O) groups is 2. The fourth-order valence-corrected chi connectivity index (χ4v) is 7.02. The minimum absolute atomic E-state index is 0.154. The van der Waals surface area contributed by atoms with Crippen LogP contribution in [-0.2, 0) is 22.7 Å². The van der Waals surface area contributed by atoms with Gasteiger partial charge in [-0.3, -0.25) is 9.59 Å². The molecule has 0 aromatic heterocycles. The highest BCUT2D eigenvalue weighted by atomic mass is 16.2. The summed E-state index contributed by atoms with van der Waals surface area (Å²) in [6, 6.07) is 8.25. The van der Waals surface area contributed by atoms with Crippen LogP contribution in [0, 0.1) is 0 Å². The average Bonchev–Trinajstić information content (AvgIpc) is 3.13. The summed E-state index contributed by atoms with van der Waals surface area (Å²) in [5.74, 6) is 0.307. The zero-order valence-electron chi connectivity index (χ0n) is 33.6. The fraction of sp³-hybridized carbons (Fsp3) is 0.826. The van der Waals surface area contributed by atoms with Gasteiger partial charge in [-0.1, -0.05) is 231 Å². The van der Waals surface area contributed by atoms with E-state index in [1.54, 1.807) is 0 Å². The third kappa shape index (κ3) is 32.1. The molecule has 0 radical (unpaired) electrons. The summed E-state index contributed by atoms with van der Waals surface area (Å²) in [5, 5.41) is 6.15. The molecule has 0 heterocycles. The van der Waals surface area contributed by atoms with Crippen molar-refractivity contribution >= 4 is 11.8 Å². The monoisotopic (exact) mass is 697 g/mol. The van der Waals surface area contributed by atoms with E-state index >= 15 is 0 Å². The normalized spacial score (nSPS) is 11.2. The van der Waals surface area contributed by atoms with Gasteiger partial charge in [-0.25, -0.2) is 0 Å². The molecule has 1 aromatic rings. The number of unbranched alkanes of at least 4 members (excludes halogenated alkanes) is 30. The van der Waals surface area contributed by atoms with Crippen molar-refractivity contribution in [2.45, 2.75) is 245 Å². The Balaban J connectivity index is 1.89. The van der Waals surface area contributed by atoms with Crippen molar-refractivity contribution in [1.29, 1.82) is 0 Å². The third-order valence-corrected chi connectivity index (χ3v) is 10.5. The predicted molar refractivity (Wildman–Crippen MR) is 218 cm³/mol. The topological polar surface area (TPSA) is 58.2 Å². The lowest BCUT2D eigenvalue weighted by Gasteiger charge is -2.08. The van der Waals surface area contributed by atoms with Crippen LogP contribution in [0.5, 0.6) is 0 Å². The van der Waals surface area contributed by atoms with E-state index in [1.165, 1.54) is 180 Å². The highest BCUT2D eigenvalue weighted by molar-refractivity contribution is 5.76. The van der Waals surface area contributed by atoms with Gasteiger partial charge in [0.1, 0.15) is 0 Å². The lowest BCUT2D eigenvalue weighted by atomic mass is 10.0. The number of carbonyl (C=O) groups excluding carboxylic acids is 2. The molecule has 0 saturated heterocycles. The van der Waals surface area contributed by atoms with Gasteiger partial charge in [0.25, 0.3) is 0 Å². The smallest absolute Gasteiger partial charge is 0.220 e. The van der Waals surface area contributed by atoms with E-state index in [2.05, 4.69) is 48.7 Å². The number of rotatable bonds is 38. The summed E-state index contributed by atoms with van der Waals surface area (Å²) in [6.45, 7) is 5.72. The van der Waals surface area contributed by atoms with E-state index in [0.29, 0.717) is 25.9 Å². The summed E-state index contributed by atoms with van der Waals surface area (Å²) in [6.07, 6.45) is 44.4. The summed E-state index contributed by atoms with van der Waals surface area (Å²) < 4.78 is 0. The first-order valence-electron chi connectivity index (χ1n) is 22.3. The minimum Gasteiger partial charge on any atom is -0.352 e. The van der Waals surface area contributed by atoms with E-state index in [0.717, 1.165) is 36.8 Å². The predicted octanol–water partition coefficient (Wildman–Crippen LogP) is 14.2. The summed E-state index contributed by atoms with van der Waals surface area (Å²) in [4.78, 5) is 24.6. The quantitative estimate of drug-likeness (QED) is 0.0676. The van der Waals surface area contributed by atoms with Gasteiger partial charge < -0.3 is 10.6 Å². The Morgan fingerprint density at radius 2 is 0.540 bits per heavy atom. The molecule has 1 aromatic carbocycles. The summed E-state index contributed by atoms with van der Waals surface area (Å²) in [5.41, 5.74) is 2.21. The van der Waals surface area contributed by atoms with Gasteiger partial charge in [0.05, 0.1) is 0 Å². The number of benzene rings is 1. The Morgan fingerprint density at radius 1 is 0.340 bits per heavy atom. The number of hydrogen-bond acceptors (Lipinski definition) is 2. The van der Waals surface area contributed by atoms with Gasteiger partial charge >= 0.3 is 0 Å². The van der Waals surface area contributed by atoms with E-state index in [-0.39, 0.29) is 11.8 Å². The van der Waals surface area contributed by atoms with Gasteiger partial charge in [-0.2, -0.15) is 0 Å². The molecule has 0 aliphatic rings. The first-order valence-corrected chi connectivity index (χ1v) is 22.3. The Kier molecular flexibility index (Phi) is 34.1. The molecule has 0 saturated carbocycles. The van der Waals surface area contributed by atoms with Gasteiger partial charge in [0, 0.05) is 25.9 Å². The molecule has 50 heavy (non-hydrogen) atoms. The molecular formula is C46H84N2O2. The van der Waals surface area contributed by atoms with Crippen LogP contribution in [0.15, 0.2) is 24.3 Å². The van der Waals surface area contributed by atoms with Crippen molar-refractivity contribution in [3.05, 3.63) is 35.4 Å². The van der Waals surface area contributed by atoms with Crippen LogP contribution in [0.2, 0.25) is 0 Å². The second-order valence-electron chi connectivity index (χ2n) is 15.5. The molecule has 4 nitrogen and oxygen atoms in total. The third-order valence-electron chi connectivity index (χ3n) is 10.5. The second kappa shape index (κ2) is 36.9. The summed E-state index contributed by atoms with van der Waals surface area (Å²) >= 11 is 0. The van der Waals surface area contributed by atoms with Crippen molar-refractivity contribution in [2.24, 2.45) is 0 Å². The van der Waals surface area contributed by atoms with Gasteiger partial charge in [-0.05, 0) is 24.0 Å². The number of amides is 2. The Labute approximate surface area is 311 Å². The van der Waals surface area contributed by atoms with E-state index in [1.807, 2.05) is 0 Å². The molecule has 2 amide bonds. The van der Waals surface area contributed by atoms with Crippen LogP contribution in [0.3, 0.4) is 0 Å². The van der Waals surface area contributed by atoms with Crippen LogP contribution in [0.25, 0.3) is 0 Å². The molecule has 0 atom stereocenters. The number of hydrogen-bond donors (Lipinski definition) is 2. The van der Waals surface area contributed by atoms with Crippen LogP contribution < -0.4 is 10.6 Å². The maximum atomic E-state index is 12.3. The minimum atomic E-state index is 0.154. The maximum absolute atomic E-state index is 12.3. The standard InChI is InChI=1S/C46H84N2O2/c1-3-5-7-9-11-13-15-17-19-21-23-25-27-29-31-33-35-45(49)47-41-43-37-39-44(40-38-43)42-48-46(50)36-34-32-30-28-26-24-22-20-18-16-14-12-10-8-6-4-2/h37-40H,3-36,41-42H2,1-2H3,(H,47,49)(H,48,50). The molecule has 0 unspecified atom stereocenters. The van der Waals surface area contributed by atoms with E-state index in [4.69, 9.17) is 0 Å². The molecule has 1 rings (SSSR count). The first kappa shape index (κ1) is 46.2. The SMILES string of the molecule is CCCCCCCCCCCCCCCCCCC(=O)NCc1ccc(CNC(=O)CCCCCCCCCCCCCCCCCC)cc1.